The van der Waals surface area contributed by atoms with Crippen molar-refractivity contribution in [3.63, 3.8) is 0 Å². The number of carbonyl (C=O) groups excluding carboxylic acids is 4. The van der Waals surface area contributed by atoms with Crippen LogP contribution in [-0.4, -0.2) is 83.5 Å². The molecule has 0 radical (unpaired) electrons. The quantitative estimate of drug-likeness (QED) is 0.278. The van der Waals surface area contributed by atoms with Crippen LogP contribution in [0.15, 0.2) is 36.4 Å². The largest absolute Gasteiger partial charge is 0.467 e. The molecule has 3 aliphatic rings. The van der Waals surface area contributed by atoms with Crippen molar-refractivity contribution >= 4 is 29.6 Å². The van der Waals surface area contributed by atoms with Crippen LogP contribution in [0.4, 0.5) is 10.5 Å². The van der Waals surface area contributed by atoms with Crippen molar-refractivity contribution in [3.8, 4) is 0 Å². The van der Waals surface area contributed by atoms with Gasteiger partial charge in [0, 0.05) is 38.1 Å². The van der Waals surface area contributed by atoms with E-state index < -0.39 is 40.6 Å². The molecule has 0 unspecified atom stereocenters. The van der Waals surface area contributed by atoms with Gasteiger partial charge < -0.3 is 24.6 Å². The molecule has 1 aromatic rings. The van der Waals surface area contributed by atoms with Crippen molar-refractivity contribution in [2.75, 3.05) is 27.2 Å². The number of allylic oxidation sites excluding steroid dienone is 1. The molecule has 0 spiro atoms. The molecule has 4 atom stereocenters. The van der Waals surface area contributed by atoms with Crippen LogP contribution in [-0.2, 0) is 19.1 Å². The number of urea groups is 1. The lowest BCUT2D eigenvalue weighted by molar-refractivity contribution is -0.384. The van der Waals surface area contributed by atoms with E-state index in [9.17, 15) is 29.3 Å². The highest BCUT2D eigenvalue weighted by Crippen LogP contribution is 2.46. The number of nitrogens with one attached hydrogen (secondary N) is 1. The van der Waals surface area contributed by atoms with Gasteiger partial charge in [0.05, 0.1) is 24.1 Å². The number of hydrogen-bond donors (Lipinski definition) is 1. The molecule has 37 heavy (non-hydrogen) atoms. The third-order valence-electron chi connectivity index (χ3n) is 7.15. The highest BCUT2D eigenvalue weighted by atomic mass is 16.6. The second-order valence-electron chi connectivity index (χ2n) is 9.62. The number of likely N-dealkylation sites (N-methyl/N-ethyl adjacent to an activating group) is 1. The van der Waals surface area contributed by atoms with Crippen molar-refractivity contribution in [1.82, 2.24) is 15.1 Å². The Balaban J connectivity index is 1.54. The fraction of sp³-hybridized carbons (Fsp3) is 0.520. The summed E-state index contributed by atoms with van der Waals surface area (Å²) in [5, 5.41) is 13.7. The molecular weight excluding hydrogens is 484 g/mol. The normalized spacial score (nSPS) is 28.8. The monoisotopic (exact) mass is 514 g/mol. The standard InChI is InChI=1S/C25H30N4O8/c1-27-12-6-4-3-5-7-17-14-25(17,23(32)36-2)26-24(33)28-15-19(13-20(28)21(27)30)37-22(31)16-8-10-18(11-9-16)29(34)35/h5,7-11,17,19-20H,3-4,6,12-15H2,1-2H3,(H,26,33)/b7-5-/t17-,19-,20+,25-/m1/s1. The van der Waals surface area contributed by atoms with E-state index in [2.05, 4.69) is 5.32 Å². The number of esters is 2. The number of nitro groups is 1. The van der Waals surface area contributed by atoms with Crippen LogP contribution in [0.3, 0.4) is 0 Å². The van der Waals surface area contributed by atoms with Crippen LogP contribution < -0.4 is 5.32 Å². The fourth-order valence-electron chi connectivity index (χ4n) is 4.91. The van der Waals surface area contributed by atoms with E-state index in [1.165, 1.54) is 36.3 Å². The number of non-ortho nitro benzene ring substituents is 1. The molecule has 0 bridgehead atoms. The van der Waals surface area contributed by atoms with Gasteiger partial charge in [0.15, 0.2) is 0 Å². The third kappa shape index (κ3) is 5.42. The molecule has 1 saturated heterocycles. The first kappa shape index (κ1) is 26.1. The van der Waals surface area contributed by atoms with Crippen LogP contribution in [0, 0.1) is 16.0 Å². The maximum absolute atomic E-state index is 13.4. The Morgan fingerprint density at radius 1 is 1.19 bits per heavy atom. The molecular formula is C25H30N4O8. The number of hydrogen-bond acceptors (Lipinski definition) is 8. The minimum absolute atomic E-state index is 0.0490. The summed E-state index contributed by atoms with van der Waals surface area (Å²) in [4.78, 5) is 65.1. The van der Waals surface area contributed by atoms with Crippen molar-refractivity contribution in [3.05, 3.63) is 52.1 Å². The maximum atomic E-state index is 13.4. The van der Waals surface area contributed by atoms with Gasteiger partial charge in [-0.25, -0.2) is 14.4 Å². The SMILES string of the molecule is COC(=O)[C@@]12C[C@H]1/C=C\CCCCN(C)C(=O)[C@@H]1C[C@@H](OC(=O)c3ccc([N+](=O)[O-])cc3)CN1C(=O)N2. The van der Waals surface area contributed by atoms with Crippen LogP contribution >= 0.6 is 0 Å². The molecule has 1 N–H and O–H groups in total. The van der Waals surface area contributed by atoms with Gasteiger partial charge in [0.2, 0.25) is 5.91 Å². The van der Waals surface area contributed by atoms with E-state index in [1.807, 2.05) is 12.2 Å². The maximum Gasteiger partial charge on any atom is 0.338 e. The number of methoxy groups -OCH3 is 1. The number of nitro benzene ring substituents is 1. The molecule has 198 valence electrons. The van der Waals surface area contributed by atoms with E-state index in [-0.39, 0.29) is 36.0 Å². The zero-order chi connectivity index (χ0) is 26.7. The van der Waals surface area contributed by atoms with Crippen molar-refractivity contribution < 1.29 is 33.6 Å². The van der Waals surface area contributed by atoms with Crippen molar-refractivity contribution in [2.24, 2.45) is 5.92 Å². The Kier molecular flexibility index (Phi) is 7.46. The molecule has 12 heteroatoms. The Labute approximate surface area is 213 Å². The van der Waals surface area contributed by atoms with E-state index in [4.69, 9.17) is 9.47 Å². The average molecular weight is 515 g/mol. The van der Waals surface area contributed by atoms with Gasteiger partial charge in [-0.3, -0.25) is 14.9 Å². The summed E-state index contributed by atoms with van der Waals surface area (Å²) >= 11 is 0. The van der Waals surface area contributed by atoms with Gasteiger partial charge in [-0.1, -0.05) is 12.2 Å². The highest BCUT2D eigenvalue weighted by Gasteiger charge is 2.62. The molecule has 1 saturated carbocycles. The summed E-state index contributed by atoms with van der Waals surface area (Å²) in [5.74, 6) is -1.76. The number of carbonyl (C=O) groups is 4. The van der Waals surface area contributed by atoms with Gasteiger partial charge in [0.25, 0.3) is 5.69 Å². The molecule has 3 amide bonds. The number of nitrogens with zero attached hydrogens (tertiary/aromatic N) is 3. The zero-order valence-electron chi connectivity index (χ0n) is 20.8. The predicted molar refractivity (Wildman–Crippen MR) is 129 cm³/mol. The first-order valence-electron chi connectivity index (χ1n) is 12.2. The molecule has 1 aromatic carbocycles. The second-order valence-corrected chi connectivity index (χ2v) is 9.62. The Morgan fingerprint density at radius 2 is 1.92 bits per heavy atom. The smallest absolute Gasteiger partial charge is 0.338 e. The van der Waals surface area contributed by atoms with Crippen molar-refractivity contribution in [2.45, 2.75) is 49.8 Å². The topological polar surface area (TPSA) is 148 Å². The summed E-state index contributed by atoms with van der Waals surface area (Å²) in [5.41, 5.74) is -1.24. The summed E-state index contributed by atoms with van der Waals surface area (Å²) in [6, 6.07) is 3.48. The average Bonchev–Trinajstić information content (AvgIpc) is 3.41. The number of rotatable bonds is 4. The lowest BCUT2D eigenvalue weighted by Gasteiger charge is -2.29. The molecule has 2 fully saturated rings. The van der Waals surface area contributed by atoms with E-state index in [0.717, 1.165) is 19.3 Å². The number of ether oxygens (including phenoxy) is 2. The van der Waals surface area contributed by atoms with Crippen LogP contribution in [0.5, 0.6) is 0 Å². The molecule has 12 nitrogen and oxygen atoms in total. The lowest BCUT2D eigenvalue weighted by atomic mass is 10.1. The Hall–Kier alpha value is -3.96. The molecule has 2 heterocycles. The summed E-state index contributed by atoms with van der Waals surface area (Å²) < 4.78 is 10.5. The van der Waals surface area contributed by atoms with Crippen LogP contribution in [0.2, 0.25) is 0 Å². The van der Waals surface area contributed by atoms with E-state index in [1.54, 1.807) is 11.9 Å². The predicted octanol–water partition coefficient (Wildman–Crippen LogP) is 2.03. The summed E-state index contributed by atoms with van der Waals surface area (Å²) in [6.07, 6.45) is 6.04. The van der Waals surface area contributed by atoms with Gasteiger partial charge in [-0.2, -0.15) is 0 Å². The minimum Gasteiger partial charge on any atom is -0.467 e. The van der Waals surface area contributed by atoms with Crippen LogP contribution in [0.25, 0.3) is 0 Å². The lowest BCUT2D eigenvalue weighted by Crippen LogP contribution is -2.55. The Bertz CT molecular complexity index is 1120. The first-order valence-corrected chi connectivity index (χ1v) is 12.2. The summed E-state index contributed by atoms with van der Waals surface area (Å²) in [6.45, 7) is 0.466. The number of benzene rings is 1. The van der Waals surface area contributed by atoms with Gasteiger partial charge >= 0.3 is 18.0 Å². The van der Waals surface area contributed by atoms with E-state index in [0.29, 0.717) is 13.0 Å². The molecule has 1 aliphatic carbocycles. The van der Waals surface area contributed by atoms with E-state index >= 15 is 0 Å². The van der Waals surface area contributed by atoms with Crippen molar-refractivity contribution in [1.29, 1.82) is 0 Å². The van der Waals surface area contributed by atoms with Gasteiger partial charge in [-0.05, 0) is 37.8 Å². The third-order valence-corrected chi connectivity index (χ3v) is 7.15. The fourth-order valence-corrected chi connectivity index (χ4v) is 4.91. The molecule has 0 aromatic heterocycles. The zero-order valence-corrected chi connectivity index (χ0v) is 20.8. The first-order chi connectivity index (χ1) is 17.7. The van der Waals surface area contributed by atoms with Gasteiger partial charge in [0.1, 0.15) is 17.7 Å². The number of fused-ring (bicyclic) bond motifs is 2. The minimum atomic E-state index is -1.19. The summed E-state index contributed by atoms with van der Waals surface area (Å²) in [7, 11) is 2.93. The molecule has 4 rings (SSSR count). The van der Waals surface area contributed by atoms with Gasteiger partial charge in [-0.15, -0.1) is 0 Å². The highest BCUT2D eigenvalue weighted by molar-refractivity contribution is 5.94. The van der Waals surface area contributed by atoms with Crippen LogP contribution in [0.1, 0.15) is 42.5 Å². The Morgan fingerprint density at radius 3 is 2.59 bits per heavy atom. The number of amides is 3. The molecule has 2 aliphatic heterocycles. The second kappa shape index (κ2) is 10.6.